The van der Waals surface area contributed by atoms with Gasteiger partial charge in [-0.05, 0) is 18.2 Å². The average molecular weight is 331 g/mol. The van der Waals surface area contributed by atoms with Crippen LogP contribution in [0.1, 0.15) is 5.56 Å². The Labute approximate surface area is 135 Å². The number of alkyl halides is 3. The fraction of sp³-hybridized carbons (Fsp3) is 0.0588. The summed E-state index contributed by atoms with van der Waals surface area (Å²) in [5, 5.41) is 3.96. The van der Waals surface area contributed by atoms with E-state index in [1.807, 2.05) is 0 Å². The molecule has 0 fully saturated rings. The first-order chi connectivity index (χ1) is 11.4. The molecule has 1 heterocycles. The molecule has 3 rings (SSSR count). The Kier molecular flexibility index (Phi) is 3.84. The molecule has 122 valence electrons. The van der Waals surface area contributed by atoms with Gasteiger partial charge in [0.25, 0.3) is 0 Å². The molecular weight excluding hydrogens is 319 g/mol. The van der Waals surface area contributed by atoms with E-state index in [1.165, 1.54) is 22.9 Å². The quantitative estimate of drug-likeness (QED) is 0.782. The van der Waals surface area contributed by atoms with E-state index in [0.29, 0.717) is 11.3 Å². The fourth-order valence-electron chi connectivity index (χ4n) is 2.30. The van der Waals surface area contributed by atoms with Crippen LogP contribution in [0.2, 0.25) is 0 Å². The first-order valence-corrected chi connectivity index (χ1v) is 6.99. The van der Waals surface area contributed by atoms with Gasteiger partial charge >= 0.3 is 6.18 Å². The summed E-state index contributed by atoms with van der Waals surface area (Å²) < 4.78 is 40.1. The van der Waals surface area contributed by atoms with Gasteiger partial charge < -0.3 is 5.73 Å². The van der Waals surface area contributed by atoms with Crippen LogP contribution in [0, 0.1) is 0 Å². The van der Waals surface area contributed by atoms with E-state index in [4.69, 9.17) is 5.73 Å². The zero-order valence-electron chi connectivity index (χ0n) is 12.3. The van der Waals surface area contributed by atoms with Gasteiger partial charge in [0.15, 0.2) is 5.82 Å². The lowest BCUT2D eigenvalue weighted by molar-refractivity contribution is -0.137. The van der Waals surface area contributed by atoms with Crippen molar-refractivity contribution in [2.45, 2.75) is 6.18 Å². The second kappa shape index (κ2) is 5.84. The van der Waals surface area contributed by atoms with Gasteiger partial charge in [-0.15, -0.1) is 5.10 Å². The normalized spacial score (nSPS) is 11.5. The van der Waals surface area contributed by atoms with Crippen LogP contribution in [0.15, 0.2) is 65.5 Å². The summed E-state index contributed by atoms with van der Waals surface area (Å²) in [5.41, 5.74) is 5.42. The molecule has 1 aromatic heterocycles. The van der Waals surface area contributed by atoms with Crippen molar-refractivity contribution in [2.24, 2.45) is 0 Å². The molecule has 2 aromatic carbocycles. The largest absolute Gasteiger partial charge is 0.416 e. The summed E-state index contributed by atoms with van der Waals surface area (Å²) in [5.74, 6) is -0.285. The third-order valence-corrected chi connectivity index (χ3v) is 3.44. The van der Waals surface area contributed by atoms with Gasteiger partial charge in [0, 0.05) is 11.6 Å². The minimum atomic E-state index is -4.48. The van der Waals surface area contributed by atoms with Crippen LogP contribution in [0.3, 0.4) is 0 Å². The molecule has 0 atom stereocenters. The number of benzene rings is 2. The molecule has 0 bridgehead atoms. The second-order valence-electron chi connectivity index (χ2n) is 5.10. The molecule has 4 nitrogen and oxygen atoms in total. The Morgan fingerprint density at radius 2 is 1.67 bits per heavy atom. The number of anilines is 1. The number of nitrogen functional groups attached to an aromatic ring is 1. The highest BCUT2D eigenvalue weighted by Gasteiger charge is 2.30. The number of halogens is 3. The lowest BCUT2D eigenvalue weighted by Crippen LogP contribution is -2.17. The number of nitrogens with two attached hydrogens (primary N) is 1. The molecule has 0 saturated heterocycles. The SMILES string of the molecule is Nc1nn(-c2cccc(C(F)(F)F)c2)c(-c2ccccc2)cc1=O. The van der Waals surface area contributed by atoms with Gasteiger partial charge in [-0.2, -0.15) is 13.2 Å². The lowest BCUT2D eigenvalue weighted by atomic mass is 10.1. The number of rotatable bonds is 2. The van der Waals surface area contributed by atoms with Crippen molar-refractivity contribution in [1.82, 2.24) is 9.78 Å². The fourth-order valence-corrected chi connectivity index (χ4v) is 2.30. The highest BCUT2D eigenvalue weighted by atomic mass is 19.4. The topological polar surface area (TPSA) is 60.9 Å². The number of hydrogen-bond acceptors (Lipinski definition) is 3. The summed E-state index contributed by atoms with van der Waals surface area (Å²) >= 11 is 0. The molecule has 7 heteroatoms. The summed E-state index contributed by atoms with van der Waals surface area (Å²) in [6.07, 6.45) is -4.48. The summed E-state index contributed by atoms with van der Waals surface area (Å²) in [4.78, 5) is 11.8. The second-order valence-corrected chi connectivity index (χ2v) is 5.10. The number of nitrogens with zero attached hydrogens (tertiary/aromatic N) is 2. The minimum Gasteiger partial charge on any atom is -0.379 e. The van der Waals surface area contributed by atoms with Crippen LogP contribution < -0.4 is 11.2 Å². The van der Waals surface area contributed by atoms with Crippen molar-refractivity contribution in [3.05, 3.63) is 76.5 Å². The van der Waals surface area contributed by atoms with E-state index in [9.17, 15) is 18.0 Å². The molecule has 0 unspecified atom stereocenters. The van der Waals surface area contributed by atoms with Gasteiger partial charge in [-0.1, -0.05) is 36.4 Å². The van der Waals surface area contributed by atoms with Gasteiger partial charge in [0.05, 0.1) is 16.9 Å². The predicted molar refractivity (Wildman–Crippen MR) is 84.7 cm³/mol. The zero-order valence-corrected chi connectivity index (χ0v) is 12.3. The standard InChI is InChI=1S/C17H12F3N3O/c18-17(19,20)12-7-4-8-13(9-12)23-14(10-15(24)16(21)22-23)11-5-2-1-3-6-11/h1-10H,(H2,21,22). The van der Waals surface area contributed by atoms with Crippen molar-refractivity contribution in [2.75, 3.05) is 5.73 Å². The van der Waals surface area contributed by atoms with Crippen molar-refractivity contribution in [3.8, 4) is 16.9 Å². The van der Waals surface area contributed by atoms with E-state index in [1.54, 1.807) is 30.3 Å². The Morgan fingerprint density at radius 1 is 0.958 bits per heavy atom. The molecule has 0 aliphatic rings. The van der Waals surface area contributed by atoms with Gasteiger partial charge in [-0.25, -0.2) is 4.68 Å². The van der Waals surface area contributed by atoms with Gasteiger partial charge in [0.2, 0.25) is 5.43 Å². The molecule has 0 amide bonds. The summed E-state index contributed by atoms with van der Waals surface area (Å²) in [7, 11) is 0. The maximum absolute atomic E-state index is 12.9. The van der Waals surface area contributed by atoms with Crippen LogP contribution in [-0.2, 0) is 6.18 Å². The minimum absolute atomic E-state index is 0.162. The predicted octanol–water partition coefficient (Wildman–Crippen LogP) is 3.50. The van der Waals surface area contributed by atoms with Crippen LogP contribution in [0.4, 0.5) is 19.0 Å². The Bertz CT molecular complexity index is 934. The summed E-state index contributed by atoms with van der Waals surface area (Å²) in [6, 6.07) is 14.7. The van der Waals surface area contributed by atoms with Crippen LogP contribution in [-0.4, -0.2) is 9.78 Å². The van der Waals surface area contributed by atoms with Crippen molar-refractivity contribution in [1.29, 1.82) is 0 Å². The molecule has 0 spiro atoms. The Hall–Kier alpha value is -3.09. The van der Waals surface area contributed by atoms with Gasteiger partial charge in [-0.3, -0.25) is 4.79 Å². The van der Waals surface area contributed by atoms with Crippen molar-refractivity contribution < 1.29 is 13.2 Å². The smallest absolute Gasteiger partial charge is 0.379 e. The number of aromatic nitrogens is 2. The van der Waals surface area contributed by atoms with Crippen LogP contribution in [0.25, 0.3) is 16.9 Å². The third-order valence-electron chi connectivity index (χ3n) is 3.44. The Balaban J connectivity index is 2.25. The molecule has 0 saturated carbocycles. The van der Waals surface area contributed by atoms with E-state index in [0.717, 1.165) is 12.1 Å². The molecule has 3 aromatic rings. The van der Waals surface area contributed by atoms with E-state index >= 15 is 0 Å². The average Bonchev–Trinajstić information content (AvgIpc) is 2.57. The van der Waals surface area contributed by atoms with E-state index in [2.05, 4.69) is 5.10 Å². The van der Waals surface area contributed by atoms with E-state index in [-0.39, 0.29) is 11.5 Å². The third kappa shape index (κ3) is 3.01. The Morgan fingerprint density at radius 3 is 2.33 bits per heavy atom. The van der Waals surface area contributed by atoms with Crippen LogP contribution in [0.5, 0.6) is 0 Å². The maximum atomic E-state index is 12.9. The van der Waals surface area contributed by atoms with E-state index < -0.39 is 17.2 Å². The zero-order chi connectivity index (χ0) is 17.3. The first-order valence-electron chi connectivity index (χ1n) is 6.99. The lowest BCUT2D eigenvalue weighted by Gasteiger charge is -2.15. The maximum Gasteiger partial charge on any atom is 0.416 e. The van der Waals surface area contributed by atoms with Crippen LogP contribution >= 0.6 is 0 Å². The molecule has 0 aliphatic heterocycles. The molecule has 0 aliphatic carbocycles. The van der Waals surface area contributed by atoms with Crippen molar-refractivity contribution >= 4 is 5.82 Å². The molecule has 0 radical (unpaired) electrons. The first kappa shape index (κ1) is 15.8. The molecular formula is C17H12F3N3O. The van der Waals surface area contributed by atoms with Gasteiger partial charge in [0.1, 0.15) is 0 Å². The highest BCUT2D eigenvalue weighted by molar-refractivity contribution is 5.62. The monoisotopic (exact) mass is 331 g/mol. The molecule has 2 N–H and O–H groups in total. The highest BCUT2D eigenvalue weighted by Crippen LogP contribution is 2.31. The molecule has 24 heavy (non-hydrogen) atoms. The van der Waals surface area contributed by atoms with Crippen molar-refractivity contribution in [3.63, 3.8) is 0 Å². The summed E-state index contributed by atoms with van der Waals surface area (Å²) in [6.45, 7) is 0. The number of hydrogen-bond donors (Lipinski definition) is 1.